The van der Waals surface area contributed by atoms with Crippen LogP contribution in [0.3, 0.4) is 0 Å². The Balaban J connectivity index is 2.14. The van der Waals surface area contributed by atoms with E-state index in [1.54, 1.807) is 36.4 Å². The third-order valence-corrected chi connectivity index (χ3v) is 5.46. The highest BCUT2D eigenvalue weighted by Gasteiger charge is 2.45. The summed E-state index contributed by atoms with van der Waals surface area (Å²) in [7, 11) is 0. The van der Waals surface area contributed by atoms with Crippen molar-refractivity contribution in [1.29, 1.82) is 0 Å². The molecule has 0 saturated carbocycles. The first-order valence-corrected chi connectivity index (χ1v) is 9.93. The summed E-state index contributed by atoms with van der Waals surface area (Å²) in [6.07, 6.45) is 0.346. The van der Waals surface area contributed by atoms with E-state index in [0.717, 1.165) is 8.95 Å². The van der Waals surface area contributed by atoms with E-state index in [4.69, 9.17) is 5.11 Å². The number of nitrogens with zero attached hydrogens (tertiary/aromatic N) is 1. The lowest BCUT2D eigenvalue weighted by molar-refractivity contribution is -0.140. The fourth-order valence-electron chi connectivity index (χ4n) is 3.11. The zero-order valence-electron chi connectivity index (χ0n) is 14.2. The number of halogens is 2. The molecular formula is C20H17Br2NO4. The van der Waals surface area contributed by atoms with Crippen LogP contribution in [0.25, 0.3) is 5.76 Å². The highest BCUT2D eigenvalue weighted by atomic mass is 79.9. The number of carbonyl (C=O) groups is 2. The summed E-state index contributed by atoms with van der Waals surface area (Å²) in [4.78, 5) is 26.7. The minimum Gasteiger partial charge on any atom is -0.507 e. The third-order valence-electron chi connectivity index (χ3n) is 4.40. The highest BCUT2D eigenvalue weighted by molar-refractivity contribution is 9.10. The molecule has 2 N–H and O–H groups in total. The van der Waals surface area contributed by atoms with Crippen LogP contribution in [0.5, 0.6) is 0 Å². The van der Waals surface area contributed by atoms with Crippen molar-refractivity contribution in [2.24, 2.45) is 0 Å². The van der Waals surface area contributed by atoms with Gasteiger partial charge in [-0.25, -0.2) is 0 Å². The molecule has 1 aliphatic heterocycles. The lowest BCUT2D eigenvalue weighted by atomic mass is 9.95. The molecule has 2 aromatic carbocycles. The first-order valence-electron chi connectivity index (χ1n) is 8.34. The van der Waals surface area contributed by atoms with E-state index in [9.17, 15) is 14.7 Å². The molecule has 1 atom stereocenters. The minimum absolute atomic E-state index is 0.0579. The number of Topliss-reactive ketones (excluding diaryl/α,β-unsaturated/α-hetero) is 1. The van der Waals surface area contributed by atoms with Crippen LogP contribution in [0, 0.1) is 0 Å². The van der Waals surface area contributed by atoms with E-state index in [1.807, 2.05) is 12.1 Å². The van der Waals surface area contributed by atoms with Gasteiger partial charge >= 0.3 is 0 Å². The van der Waals surface area contributed by atoms with E-state index in [0.29, 0.717) is 17.5 Å². The number of ketones is 1. The molecule has 0 spiro atoms. The molecule has 3 rings (SSSR count). The topological polar surface area (TPSA) is 77.8 Å². The van der Waals surface area contributed by atoms with Gasteiger partial charge in [-0.3, -0.25) is 9.59 Å². The van der Waals surface area contributed by atoms with Crippen molar-refractivity contribution in [1.82, 2.24) is 4.90 Å². The third kappa shape index (κ3) is 4.00. The Hall–Kier alpha value is -1.96. The van der Waals surface area contributed by atoms with Gasteiger partial charge in [0.2, 0.25) is 0 Å². The number of carbonyl (C=O) groups excluding carboxylic acids is 2. The molecule has 7 heteroatoms. The molecule has 0 aromatic heterocycles. The molecule has 1 fully saturated rings. The lowest BCUT2D eigenvalue weighted by Crippen LogP contribution is -2.31. The summed E-state index contributed by atoms with van der Waals surface area (Å²) in [6, 6.07) is 13.4. The van der Waals surface area contributed by atoms with Crippen LogP contribution in [0.2, 0.25) is 0 Å². The summed E-state index contributed by atoms with van der Waals surface area (Å²) >= 11 is 6.71. The number of aliphatic hydroxyl groups excluding tert-OH is 2. The number of benzene rings is 2. The largest absolute Gasteiger partial charge is 0.507 e. The highest BCUT2D eigenvalue weighted by Crippen LogP contribution is 2.39. The summed E-state index contributed by atoms with van der Waals surface area (Å²) in [5.74, 6) is -1.60. The number of amides is 1. The predicted molar refractivity (Wildman–Crippen MR) is 109 cm³/mol. The smallest absolute Gasteiger partial charge is 0.295 e. The normalized spacial score (nSPS) is 18.9. The number of hydrogen-bond donors (Lipinski definition) is 2. The Morgan fingerprint density at radius 1 is 0.963 bits per heavy atom. The summed E-state index contributed by atoms with van der Waals surface area (Å²) < 4.78 is 1.71. The molecule has 0 aliphatic carbocycles. The van der Waals surface area contributed by atoms with Gasteiger partial charge in [0, 0.05) is 27.7 Å². The van der Waals surface area contributed by atoms with Crippen molar-refractivity contribution in [2.45, 2.75) is 12.5 Å². The standard InChI is InChI=1S/C20H17Br2NO4/c21-14-6-2-12(3-7-14)17-16(18(25)13-4-8-15(22)9-5-13)19(26)20(27)23(17)10-1-11-24/h2-9,17,24-25H,1,10-11H2. The van der Waals surface area contributed by atoms with Gasteiger partial charge in [-0.2, -0.15) is 0 Å². The van der Waals surface area contributed by atoms with Crippen LogP contribution >= 0.6 is 31.9 Å². The maximum absolute atomic E-state index is 12.7. The Morgan fingerprint density at radius 2 is 1.52 bits per heavy atom. The quantitative estimate of drug-likeness (QED) is 0.374. The van der Waals surface area contributed by atoms with Crippen molar-refractivity contribution >= 4 is 49.3 Å². The Labute approximate surface area is 173 Å². The molecule has 27 heavy (non-hydrogen) atoms. The zero-order chi connectivity index (χ0) is 19.6. The monoisotopic (exact) mass is 493 g/mol. The fourth-order valence-corrected chi connectivity index (χ4v) is 3.64. The van der Waals surface area contributed by atoms with Gasteiger partial charge in [-0.1, -0.05) is 56.1 Å². The molecule has 1 saturated heterocycles. The van der Waals surface area contributed by atoms with E-state index in [2.05, 4.69) is 31.9 Å². The number of rotatable bonds is 5. The SMILES string of the molecule is O=C1C(=O)N(CCCO)C(c2ccc(Br)cc2)C1=C(O)c1ccc(Br)cc1. The maximum atomic E-state index is 12.7. The molecule has 140 valence electrons. The van der Waals surface area contributed by atoms with Crippen molar-refractivity contribution in [3.63, 3.8) is 0 Å². The van der Waals surface area contributed by atoms with Crippen molar-refractivity contribution < 1.29 is 19.8 Å². The van der Waals surface area contributed by atoms with Crippen LogP contribution in [0.15, 0.2) is 63.0 Å². The second-order valence-electron chi connectivity index (χ2n) is 6.13. The van der Waals surface area contributed by atoms with Gasteiger partial charge in [-0.05, 0) is 36.2 Å². The summed E-state index contributed by atoms with van der Waals surface area (Å²) in [5.41, 5.74) is 1.23. The first kappa shape index (κ1) is 19.8. The Bertz CT molecular complexity index is 891. The van der Waals surface area contributed by atoms with Crippen molar-refractivity contribution in [2.75, 3.05) is 13.2 Å². The van der Waals surface area contributed by atoms with Crippen molar-refractivity contribution in [3.05, 3.63) is 74.2 Å². The van der Waals surface area contributed by atoms with Crippen LogP contribution in [0.1, 0.15) is 23.6 Å². The van der Waals surface area contributed by atoms with Crippen LogP contribution in [-0.4, -0.2) is 40.0 Å². The van der Waals surface area contributed by atoms with Crippen LogP contribution < -0.4 is 0 Å². The molecule has 0 radical (unpaired) electrons. The van der Waals surface area contributed by atoms with Crippen LogP contribution in [0.4, 0.5) is 0 Å². The number of hydrogen-bond acceptors (Lipinski definition) is 4. The van der Waals surface area contributed by atoms with E-state index < -0.39 is 17.7 Å². The van der Waals surface area contributed by atoms with Gasteiger partial charge in [0.25, 0.3) is 11.7 Å². The van der Waals surface area contributed by atoms with Gasteiger partial charge in [0.15, 0.2) is 0 Å². The molecule has 5 nitrogen and oxygen atoms in total. The predicted octanol–water partition coefficient (Wildman–Crippen LogP) is 4.02. The fraction of sp³-hybridized carbons (Fsp3) is 0.200. The molecule has 1 amide bonds. The second-order valence-corrected chi connectivity index (χ2v) is 7.96. The van der Waals surface area contributed by atoms with Crippen molar-refractivity contribution in [3.8, 4) is 0 Å². The molecule has 0 bridgehead atoms. The van der Waals surface area contributed by atoms with Gasteiger partial charge in [0.1, 0.15) is 5.76 Å². The second kappa shape index (κ2) is 8.37. The Morgan fingerprint density at radius 3 is 2.07 bits per heavy atom. The van der Waals surface area contributed by atoms with Gasteiger partial charge < -0.3 is 15.1 Å². The molecule has 1 aliphatic rings. The first-order chi connectivity index (χ1) is 12.9. The van der Waals surface area contributed by atoms with Crippen LogP contribution in [-0.2, 0) is 9.59 Å². The van der Waals surface area contributed by atoms with Gasteiger partial charge in [-0.15, -0.1) is 0 Å². The summed E-state index contributed by atoms with van der Waals surface area (Å²) in [5, 5.41) is 20.0. The number of aliphatic hydroxyl groups is 2. The minimum atomic E-state index is -0.721. The molecule has 1 unspecified atom stereocenters. The molecular weight excluding hydrogens is 478 g/mol. The molecule has 1 heterocycles. The average Bonchev–Trinajstić information content (AvgIpc) is 2.91. The van der Waals surface area contributed by atoms with E-state index in [-0.39, 0.29) is 24.5 Å². The summed E-state index contributed by atoms with van der Waals surface area (Å²) in [6.45, 7) is 0.127. The van der Waals surface area contributed by atoms with E-state index >= 15 is 0 Å². The number of likely N-dealkylation sites (tertiary alicyclic amines) is 1. The Kier molecular flexibility index (Phi) is 6.14. The van der Waals surface area contributed by atoms with E-state index in [1.165, 1.54) is 4.90 Å². The molecule has 2 aromatic rings. The average molecular weight is 495 g/mol. The zero-order valence-corrected chi connectivity index (χ0v) is 17.4. The van der Waals surface area contributed by atoms with Gasteiger partial charge in [0.05, 0.1) is 11.6 Å². The maximum Gasteiger partial charge on any atom is 0.295 e. The lowest BCUT2D eigenvalue weighted by Gasteiger charge is -2.25.